The number of hydrogen-bond acceptors (Lipinski definition) is 2. The number of nitrogens with zero attached hydrogens (tertiary/aromatic N) is 1. The quantitative estimate of drug-likeness (QED) is 0.163. The van der Waals surface area contributed by atoms with Crippen LogP contribution in [0, 0.1) is 0 Å². The lowest BCUT2D eigenvalue weighted by Gasteiger charge is -2.26. The van der Waals surface area contributed by atoms with Gasteiger partial charge >= 0.3 is 0 Å². The molecule has 0 aliphatic rings. The van der Waals surface area contributed by atoms with E-state index in [1.807, 2.05) is 0 Å². The highest BCUT2D eigenvalue weighted by atomic mass is 16.3. The molecule has 1 aromatic heterocycles. The molecule has 10 rings (SSSR count). The van der Waals surface area contributed by atoms with Gasteiger partial charge in [0.05, 0.1) is 59.1 Å². The van der Waals surface area contributed by atoms with E-state index in [-0.39, 0.29) is 0 Å². The summed E-state index contributed by atoms with van der Waals surface area (Å²) in [5.41, 5.74) is -12.6. The number of hydrogen-bond donors (Lipinski definition) is 0. The van der Waals surface area contributed by atoms with Gasteiger partial charge in [-0.3, -0.25) is 0 Å². The molecule has 0 aliphatic heterocycles. The second-order valence-electron chi connectivity index (χ2n) is 11.0. The Hall–Kier alpha value is -7.16. The summed E-state index contributed by atoms with van der Waals surface area (Å²) < 4.78 is 321. The molecule has 0 bridgehead atoms. The summed E-state index contributed by atoms with van der Waals surface area (Å²) >= 11 is 0. The van der Waals surface area contributed by atoms with Crippen LogP contribution in [0.3, 0.4) is 0 Å². The Morgan fingerprint density at radius 1 is 0.352 bits per heavy atom. The molecule has 2 nitrogen and oxygen atoms in total. The highest BCUT2D eigenvalue weighted by Crippen LogP contribution is 2.46. The molecule has 0 amide bonds. The molecule has 0 unspecified atom stereocenters. The van der Waals surface area contributed by atoms with Gasteiger partial charge in [0.2, 0.25) is 0 Å². The monoisotopic (exact) mass is 724 g/mol. The van der Waals surface area contributed by atoms with Gasteiger partial charge in [0, 0.05) is 22.1 Å². The van der Waals surface area contributed by atoms with Crippen LogP contribution in [0.4, 0.5) is 17.1 Å². The average molecular weight is 725 g/mol. The zero-order valence-corrected chi connectivity index (χ0v) is 26.9. The maximum atomic E-state index is 10.0. The minimum Gasteiger partial charge on any atom is -0.455 e. The molecule has 1 heterocycles. The van der Waals surface area contributed by atoms with Crippen LogP contribution >= 0.6 is 0 Å². The molecule has 0 saturated carbocycles. The van der Waals surface area contributed by atoms with Gasteiger partial charge in [-0.2, -0.15) is 0 Å². The molecule has 0 radical (unpaired) electrons. The largest absolute Gasteiger partial charge is 0.455 e. The number of furan rings is 1. The molecule has 0 fully saturated rings. The van der Waals surface area contributed by atoms with Crippen molar-refractivity contribution >= 4 is 49.8 Å². The van der Waals surface area contributed by atoms with Gasteiger partial charge in [0.1, 0.15) is 11.2 Å². The van der Waals surface area contributed by atoms with Crippen molar-refractivity contribution in [1.29, 1.82) is 0 Å². The molecule has 0 aliphatic carbocycles. The summed E-state index contributed by atoms with van der Waals surface area (Å²) in [6.45, 7) is 0. The van der Waals surface area contributed by atoms with E-state index in [0.717, 1.165) is 0 Å². The summed E-state index contributed by atoms with van der Waals surface area (Å²) in [6, 6.07) is -38.2. The van der Waals surface area contributed by atoms with E-state index in [1.165, 1.54) is 0 Å². The topological polar surface area (TPSA) is 16.4 Å². The van der Waals surface area contributed by atoms with Crippen molar-refractivity contribution in [2.45, 2.75) is 0 Å². The predicted molar refractivity (Wildman–Crippen MR) is 228 cm³/mol. The van der Waals surface area contributed by atoms with Gasteiger partial charge in [-0.15, -0.1) is 0 Å². The van der Waals surface area contributed by atoms with Gasteiger partial charge in [-0.1, -0.05) is 169 Å². The Balaban J connectivity index is 1.44. The van der Waals surface area contributed by atoms with Gasteiger partial charge in [-0.05, 0) is 92.2 Å². The van der Waals surface area contributed by atoms with Crippen molar-refractivity contribution in [2.24, 2.45) is 0 Å². The fourth-order valence-corrected chi connectivity index (χ4v) is 5.57. The molecule has 10 aromatic rings. The van der Waals surface area contributed by atoms with Crippen molar-refractivity contribution < 1.29 is 52.4 Å². The van der Waals surface area contributed by atoms with Crippen molar-refractivity contribution in [2.75, 3.05) is 4.90 Å². The first-order valence-corrected chi connectivity index (χ1v) is 15.6. The normalized spacial score (nSPS) is 20.4. The van der Waals surface area contributed by atoms with E-state index >= 15 is 0 Å². The van der Waals surface area contributed by atoms with E-state index in [0.29, 0.717) is 4.90 Å². The van der Waals surface area contributed by atoms with E-state index in [9.17, 15) is 17.8 Å². The van der Waals surface area contributed by atoms with Crippen molar-refractivity contribution in [3.63, 3.8) is 0 Å². The lowest BCUT2D eigenvalue weighted by atomic mass is 9.95. The molecular weight excluding hydrogens is 655 g/mol. The van der Waals surface area contributed by atoms with E-state index in [4.69, 9.17) is 34.6 Å². The standard InChI is InChI=1S/C52H35NO/c1-4-13-36(14-5-1)38-23-25-39(26-24-38)41-29-33-44(34-30-41)53(43-31-27-40(28-32-43)37-15-6-2-7-16-37)49-21-12-22-50-51(49)48-35-47(42-17-8-3-9-18-42)45-19-10-11-20-46(45)52(48)54-50/h1-35H/i1D,2D,3D,4D,5D,6D,7D,8D,9D,10D,11D,12D,13D,14D,15D,16D,17D,18D,19D,20D,21D,22D,23D,24D,25D,26D,27D,28D,29D,30D,31D,32D,33D,34D,35D. The minimum absolute atomic E-state index is 0.318. The molecule has 0 saturated heterocycles. The minimum atomic E-state index is -1.38. The zero-order valence-electron chi connectivity index (χ0n) is 61.9. The molecule has 0 spiro atoms. The lowest BCUT2D eigenvalue weighted by Crippen LogP contribution is -2.10. The van der Waals surface area contributed by atoms with Crippen LogP contribution in [0.1, 0.15) is 48.0 Å². The Morgan fingerprint density at radius 3 is 1.30 bits per heavy atom. The van der Waals surface area contributed by atoms with Crippen LogP contribution in [0.2, 0.25) is 0 Å². The smallest absolute Gasteiger partial charge is 0.143 e. The molecule has 254 valence electrons. The maximum Gasteiger partial charge on any atom is 0.143 e. The molecule has 2 heteroatoms. The van der Waals surface area contributed by atoms with Gasteiger partial charge in [0.15, 0.2) is 0 Å². The van der Waals surface area contributed by atoms with E-state index < -0.39 is 306 Å². The second kappa shape index (κ2) is 13.4. The molecule has 0 atom stereocenters. The molecule has 9 aromatic carbocycles. The van der Waals surface area contributed by atoms with Crippen LogP contribution < -0.4 is 4.90 Å². The first kappa shape index (κ1) is 11.9. The summed E-state index contributed by atoms with van der Waals surface area (Å²) in [4.78, 5) is 0.318. The zero-order chi connectivity index (χ0) is 66.3. The van der Waals surface area contributed by atoms with Crippen LogP contribution in [0.15, 0.2) is 216 Å². The highest BCUT2D eigenvalue weighted by molar-refractivity contribution is 6.22. The Kier molecular flexibility index (Phi) is 2.97. The number of benzene rings is 9. The second-order valence-corrected chi connectivity index (χ2v) is 11.0. The Bertz CT molecular complexity index is 4800. The van der Waals surface area contributed by atoms with E-state index in [2.05, 4.69) is 0 Å². The van der Waals surface area contributed by atoms with Crippen LogP contribution in [0.5, 0.6) is 0 Å². The first-order chi connectivity index (χ1) is 41.4. The average Bonchev–Trinajstić information content (AvgIpc) is 1.72. The molecule has 0 N–H and O–H groups in total. The Morgan fingerprint density at radius 2 is 0.778 bits per heavy atom. The predicted octanol–water partition coefficient (Wildman–Crippen LogP) is 14.9. The fourth-order valence-electron chi connectivity index (χ4n) is 5.57. The summed E-state index contributed by atoms with van der Waals surface area (Å²) in [7, 11) is 0. The first-order valence-electron chi connectivity index (χ1n) is 33.1. The number of fused-ring (bicyclic) bond motifs is 5. The van der Waals surface area contributed by atoms with Gasteiger partial charge in [-0.25, -0.2) is 0 Å². The molecule has 54 heavy (non-hydrogen) atoms. The SMILES string of the molecule is [2H]c1c([2H])c([2H])c(-c2c([2H])c([2H])c(-c3c([2H])c([2H])c(N(c4c([2H])c([2H])c(-c5c([2H])c([2H])c([2H])c([2H])c5[2H])c([2H])c4[2H])c4c([2H])c([2H])c([2H])c5oc6c7c([2H])c([2H])c([2H])c([2H])c7c(-c7c([2H])c([2H])c([2H])c([2H])c7[2H])c([2H])c6c45)c([2H])c3[2H])c([2H])c2[2H])c([2H])c1[2H]. The number of anilines is 3. The summed E-state index contributed by atoms with van der Waals surface area (Å²) in [6.07, 6.45) is 0. The highest BCUT2D eigenvalue weighted by Gasteiger charge is 2.22. The summed E-state index contributed by atoms with van der Waals surface area (Å²) in [5.74, 6) is 0. The van der Waals surface area contributed by atoms with Crippen LogP contribution in [0.25, 0.3) is 77.2 Å². The number of rotatable bonds is 7. The van der Waals surface area contributed by atoms with Crippen molar-refractivity contribution in [3.05, 3.63) is 211 Å². The third kappa shape index (κ3) is 5.62. The van der Waals surface area contributed by atoms with E-state index in [1.54, 1.807) is 0 Å². The third-order valence-corrected chi connectivity index (χ3v) is 7.94. The lowest BCUT2D eigenvalue weighted by molar-refractivity contribution is 0.672. The van der Waals surface area contributed by atoms with Gasteiger partial charge in [0.25, 0.3) is 0 Å². The van der Waals surface area contributed by atoms with Gasteiger partial charge < -0.3 is 9.32 Å². The maximum absolute atomic E-state index is 10.0. The third-order valence-electron chi connectivity index (χ3n) is 7.94. The van der Waals surface area contributed by atoms with Crippen LogP contribution in [-0.2, 0) is 0 Å². The fraction of sp³-hybridized carbons (Fsp3) is 0. The van der Waals surface area contributed by atoms with Crippen LogP contribution in [-0.4, -0.2) is 0 Å². The van der Waals surface area contributed by atoms with Crippen molar-refractivity contribution in [1.82, 2.24) is 0 Å². The summed E-state index contributed by atoms with van der Waals surface area (Å²) in [5, 5.41) is -3.12. The Labute approximate surface area is 364 Å². The molecular formula is C52H35NO. The van der Waals surface area contributed by atoms with Crippen molar-refractivity contribution in [3.8, 4) is 44.5 Å².